The minimum absolute atomic E-state index is 0. The Labute approximate surface area is 131 Å². The predicted octanol–water partition coefficient (Wildman–Crippen LogP) is 1.18. The summed E-state index contributed by atoms with van der Waals surface area (Å²) in [5.41, 5.74) is 1.67. The number of amides is 2. The number of hydrogen-bond donors (Lipinski definition) is 2. The Morgan fingerprint density at radius 3 is 2.52 bits per heavy atom. The summed E-state index contributed by atoms with van der Waals surface area (Å²) in [6.45, 7) is 3.81. The number of halogens is 1. The minimum atomic E-state index is -0.0568. The first-order chi connectivity index (χ1) is 9.58. The molecule has 0 spiro atoms. The molecule has 2 N–H and O–H groups in total. The maximum absolute atomic E-state index is 12.3. The molecule has 2 amide bonds. The van der Waals surface area contributed by atoms with E-state index in [1.807, 2.05) is 36.2 Å². The Kier molecular flexibility index (Phi) is 6.65. The number of nitrogens with zero attached hydrogens (tertiary/aromatic N) is 1. The molecule has 116 valence electrons. The van der Waals surface area contributed by atoms with Crippen LogP contribution in [0.15, 0.2) is 24.3 Å². The van der Waals surface area contributed by atoms with Gasteiger partial charge in [0.2, 0.25) is 5.91 Å². The zero-order valence-electron chi connectivity index (χ0n) is 12.4. The fourth-order valence-electron chi connectivity index (χ4n) is 2.33. The lowest BCUT2D eigenvalue weighted by atomic mass is 10.1. The fourth-order valence-corrected chi connectivity index (χ4v) is 2.33. The molecule has 0 saturated carbocycles. The fraction of sp³-hybridized carbons (Fsp3) is 0.467. The summed E-state index contributed by atoms with van der Waals surface area (Å²) >= 11 is 0. The van der Waals surface area contributed by atoms with E-state index in [1.54, 1.807) is 0 Å². The molecule has 2 rings (SSSR count). The zero-order valence-corrected chi connectivity index (χ0v) is 13.2. The van der Waals surface area contributed by atoms with Crippen LogP contribution >= 0.6 is 12.4 Å². The van der Waals surface area contributed by atoms with Crippen LogP contribution in [0.2, 0.25) is 0 Å². The Balaban J connectivity index is 0.00000220. The third-order valence-corrected chi connectivity index (χ3v) is 3.64. The summed E-state index contributed by atoms with van der Waals surface area (Å²) in [5.74, 6) is -0.0107. The molecular weight excluding hydrogens is 290 g/mol. The van der Waals surface area contributed by atoms with Crippen LogP contribution in [0.1, 0.15) is 29.3 Å². The highest BCUT2D eigenvalue weighted by atomic mass is 35.5. The predicted molar refractivity (Wildman–Crippen MR) is 84.6 cm³/mol. The van der Waals surface area contributed by atoms with Crippen molar-refractivity contribution in [2.75, 3.05) is 20.1 Å². The van der Waals surface area contributed by atoms with Crippen molar-refractivity contribution in [1.29, 1.82) is 0 Å². The van der Waals surface area contributed by atoms with Crippen LogP contribution < -0.4 is 10.6 Å². The summed E-state index contributed by atoms with van der Waals surface area (Å²) in [6, 6.07) is 7.67. The summed E-state index contributed by atoms with van der Waals surface area (Å²) in [4.78, 5) is 25.0. The molecule has 1 saturated heterocycles. The molecule has 1 aromatic carbocycles. The van der Waals surface area contributed by atoms with Crippen LogP contribution in [0.4, 0.5) is 0 Å². The van der Waals surface area contributed by atoms with E-state index >= 15 is 0 Å². The second-order valence-electron chi connectivity index (χ2n) is 5.17. The number of carbonyl (C=O) groups is 2. The lowest BCUT2D eigenvalue weighted by molar-refractivity contribution is -0.119. The topological polar surface area (TPSA) is 61.4 Å². The Morgan fingerprint density at radius 2 is 2.00 bits per heavy atom. The van der Waals surface area contributed by atoms with E-state index in [0.29, 0.717) is 12.1 Å². The molecule has 0 radical (unpaired) electrons. The van der Waals surface area contributed by atoms with Gasteiger partial charge >= 0.3 is 0 Å². The van der Waals surface area contributed by atoms with Crippen LogP contribution in [0, 0.1) is 0 Å². The van der Waals surface area contributed by atoms with Crippen molar-refractivity contribution in [2.45, 2.75) is 25.9 Å². The van der Waals surface area contributed by atoms with Crippen molar-refractivity contribution in [2.24, 2.45) is 0 Å². The highest BCUT2D eigenvalue weighted by molar-refractivity contribution is 5.94. The van der Waals surface area contributed by atoms with Gasteiger partial charge in [0, 0.05) is 38.7 Å². The molecule has 0 aromatic heterocycles. The first kappa shape index (κ1) is 17.5. The second-order valence-corrected chi connectivity index (χ2v) is 5.17. The average Bonchev–Trinajstić information content (AvgIpc) is 2.98. The van der Waals surface area contributed by atoms with E-state index < -0.39 is 0 Å². The summed E-state index contributed by atoms with van der Waals surface area (Å²) < 4.78 is 0. The van der Waals surface area contributed by atoms with Gasteiger partial charge in [-0.25, -0.2) is 0 Å². The van der Waals surface area contributed by atoms with Crippen molar-refractivity contribution in [1.82, 2.24) is 15.5 Å². The van der Waals surface area contributed by atoms with Crippen molar-refractivity contribution in [3.63, 3.8) is 0 Å². The van der Waals surface area contributed by atoms with E-state index in [1.165, 1.54) is 6.92 Å². The van der Waals surface area contributed by atoms with Gasteiger partial charge in [-0.2, -0.15) is 0 Å². The van der Waals surface area contributed by atoms with Crippen LogP contribution in [0.5, 0.6) is 0 Å². The van der Waals surface area contributed by atoms with E-state index in [9.17, 15) is 9.59 Å². The molecule has 1 fully saturated rings. The Bertz CT molecular complexity index is 484. The molecular formula is C15H22ClN3O2. The highest BCUT2D eigenvalue weighted by Gasteiger charge is 2.23. The summed E-state index contributed by atoms with van der Waals surface area (Å²) in [5, 5.41) is 6.00. The van der Waals surface area contributed by atoms with E-state index in [-0.39, 0.29) is 30.3 Å². The molecule has 1 aliphatic heterocycles. The highest BCUT2D eigenvalue weighted by Crippen LogP contribution is 2.12. The van der Waals surface area contributed by atoms with Crippen molar-refractivity contribution in [3.8, 4) is 0 Å². The lowest BCUT2D eigenvalue weighted by Crippen LogP contribution is -2.38. The smallest absolute Gasteiger partial charge is 0.253 e. The largest absolute Gasteiger partial charge is 0.352 e. The number of carbonyl (C=O) groups excluding carboxylic acids is 2. The van der Waals surface area contributed by atoms with Crippen molar-refractivity contribution < 1.29 is 9.59 Å². The number of likely N-dealkylation sites (N-methyl/N-ethyl adjacent to an activating group) is 1. The van der Waals surface area contributed by atoms with E-state index in [4.69, 9.17) is 0 Å². The average molecular weight is 312 g/mol. The Morgan fingerprint density at radius 1 is 1.33 bits per heavy atom. The van der Waals surface area contributed by atoms with Crippen LogP contribution in [0.25, 0.3) is 0 Å². The van der Waals surface area contributed by atoms with Gasteiger partial charge < -0.3 is 15.5 Å². The standard InChI is InChI=1S/C15H21N3O2.ClH/c1-11(19)17-9-12-3-5-13(6-4-12)15(20)18(2)14-7-8-16-10-14;/h3-6,14,16H,7-10H2,1-2H3,(H,17,19);1H. The number of rotatable bonds is 4. The van der Waals surface area contributed by atoms with Gasteiger partial charge in [-0.05, 0) is 30.7 Å². The maximum atomic E-state index is 12.3. The van der Waals surface area contributed by atoms with Gasteiger partial charge in [-0.1, -0.05) is 12.1 Å². The van der Waals surface area contributed by atoms with E-state index in [2.05, 4.69) is 10.6 Å². The normalized spacial score (nSPS) is 17.0. The van der Waals surface area contributed by atoms with Crippen LogP contribution in [0.3, 0.4) is 0 Å². The molecule has 1 heterocycles. The second kappa shape index (κ2) is 8.00. The third kappa shape index (κ3) is 4.72. The van der Waals surface area contributed by atoms with Gasteiger partial charge in [0.15, 0.2) is 0 Å². The minimum Gasteiger partial charge on any atom is -0.352 e. The monoisotopic (exact) mass is 311 g/mol. The maximum Gasteiger partial charge on any atom is 0.253 e. The van der Waals surface area contributed by atoms with Crippen LogP contribution in [-0.2, 0) is 11.3 Å². The molecule has 1 aliphatic rings. The number of hydrogen-bond acceptors (Lipinski definition) is 3. The summed E-state index contributed by atoms with van der Waals surface area (Å²) in [7, 11) is 1.85. The zero-order chi connectivity index (χ0) is 14.5. The van der Waals surface area contributed by atoms with Gasteiger partial charge in [0.25, 0.3) is 5.91 Å². The van der Waals surface area contributed by atoms with E-state index in [0.717, 1.165) is 25.1 Å². The molecule has 1 atom stereocenters. The van der Waals surface area contributed by atoms with Crippen LogP contribution in [-0.4, -0.2) is 42.9 Å². The number of benzene rings is 1. The SMILES string of the molecule is CC(=O)NCc1ccc(C(=O)N(C)C2CCNC2)cc1.Cl. The first-order valence-corrected chi connectivity index (χ1v) is 6.89. The molecule has 0 bridgehead atoms. The molecule has 0 aliphatic carbocycles. The van der Waals surface area contributed by atoms with Gasteiger partial charge in [-0.3, -0.25) is 9.59 Å². The molecule has 21 heavy (non-hydrogen) atoms. The Hall–Kier alpha value is -1.59. The third-order valence-electron chi connectivity index (χ3n) is 3.64. The first-order valence-electron chi connectivity index (χ1n) is 6.89. The van der Waals surface area contributed by atoms with Crippen molar-refractivity contribution >= 4 is 24.2 Å². The van der Waals surface area contributed by atoms with Gasteiger partial charge in [-0.15, -0.1) is 12.4 Å². The van der Waals surface area contributed by atoms with Gasteiger partial charge in [0.1, 0.15) is 0 Å². The van der Waals surface area contributed by atoms with Crippen molar-refractivity contribution in [3.05, 3.63) is 35.4 Å². The molecule has 5 nitrogen and oxygen atoms in total. The summed E-state index contributed by atoms with van der Waals surface area (Å²) in [6.07, 6.45) is 1.00. The number of nitrogens with one attached hydrogen (secondary N) is 2. The molecule has 1 aromatic rings. The molecule has 6 heteroatoms. The quantitative estimate of drug-likeness (QED) is 0.878. The molecule has 1 unspecified atom stereocenters. The van der Waals surface area contributed by atoms with Gasteiger partial charge in [0.05, 0.1) is 0 Å². The lowest BCUT2D eigenvalue weighted by Gasteiger charge is -2.23.